The van der Waals surface area contributed by atoms with Gasteiger partial charge < -0.3 is 4.90 Å². The number of ketones is 1. The molecule has 2 aromatic rings. The molecule has 0 saturated heterocycles. The molecule has 0 fully saturated rings. The largest absolute Gasteiger partial charge is 0.363 e. The van der Waals surface area contributed by atoms with Crippen molar-refractivity contribution in [1.82, 2.24) is 0 Å². The van der Waals surface area contributed by atoms with Gasteiger partial charge in [0.1, 0.15) is 5.82 Å². The van der Waals surface area contributed by atoms with Crippen LogP contribution in [0.15, 0.2) is 60.7 Å². The number of rotatable bonds is 2. The van der Waals surface area contributed by atoms with Crippen LogP contribution in [0.5, 0.6) is 0 Å². The molecule has 2 aliphatic carbocycles. The molecule has 0 aromatic heterocycles. The van der Waals surface area contributed by atoms with Gasteiger partial charge in [-0.1, -0.05) is 36.4 Å². The number of benzene rings is 2. The molecule has 5 unspecified atom stereocenters. The molecule has 0 bridgehead atoms. The van der Waals surface area contributed by atoms with Crippen molar-refractivity contribution in [3.63, 3.8) is 0 Å². The Kier molecular flexibility index (Phi) is 3.65. The molecule has 29 heavy (non-hydrogen) atoms. The third kappa shape index (κ3) is 2.43. The molecule has 2 nitrogen and oxygen atoms in total. The topological polar surface area (TPSA) is 20.3 Å². The van der Waals surface area contributed by atoms with Crippen LogP contribution < -0.4 is 4.90 Å². The van der Waals surface area contributed by atoms with E-state index in [1.807, 2.05) is 12.1 Å². The first-order chi connectivity index (χ1) is 14.1. The SMILES string of the molecule is CC(=O)c1cc2c3c(c1)C1C=CCC1C(c1ccc(F)cc1)N3CC1CC=CC21. The van der Waals surface area contributed by atoms with E-state index in [-0.39, 0.29) is 17.6 Å². The van der Waals surface area contributed by atoms with Crippen LogP contribution >= 0.6 is 0 Å². The van der Waals surface area contributed by atoms with Crippen molar-refractivity contribution >= 4 is 11.5 Å². The number of halogens is 1. The standard InChI is InChI=1S/C26H24FNO/c1-15(29)18-12-23-20-5-2-4-17(20)14-28-25(16-8-10-19(27)11-9-16)22-7-3-6-21(22)24(13-18)26(23)28/h2-3,5-6,8-13,17,20-22,25H,4,7,14H2,1H3. The molecular weight excluding hydrogens is 361 g/mol. The second kappa shape index (κ2) is 6.16. The Morgan fingerprint density at radius 1 is 1.00 bits per heavy atom. The van der Waals surface area contributed by atoms with Crippen LogP contribution in [-0.4, -0.2) is 12.3 Å². The van der Waals surface area contributed by atoms with E-state index in [4.69, 9.17) is 0 Å². The van der Waals surface area contributed by atoms with Crippen molar-refractivity contribution in [2.45, 2.75) is 37.6 Å². The first-order valence-corrected chi connectivity index (χ1v) is 10.7. The third-order valence-electron chi connectivity index (χ3n) is 7.47. The van der Waals surface area contributed by atoms with E-state index >= 15 is 0 Å². The summed E-state index contributed by atoms with van der Waals surface area (Å²) >= 11 is 0. The van der Waals surface area contributed by atoms with Gasteiger partial charge in [-0.3, -0.25) is 4.79 Å². The summed E-state index contributed by atoms with van der Waals surface area (Å²) in [6.07, 6.45) is 11.4. The van der Waals surface area contributed by atoms with Gasteiger partial charge in [0.2, 0.25) is 0 Å². The highest BCUT2D eigenvalue weighted by Crippen LogP contribution is 2.58. The van der Waals surface area contributed by atoms with Crippen molar-refractivity contribution < 1.29 is 9.18 Å². The van der Waals surface area contributed by atoms with Gasteiger partial charge in [-0.15, -0.1) is 0 Å². The average Bonchev–Trinajstić information content (AvgIpc) is 3.38. The van der Waals surface area contributed by atoms with Gasteiger partial charge in [-0.2, -0.15) is 0 Å². The zero-order chi connectivity index (χ0) is 19.7. The van der Waals surface area contributed by atoms with Crippen LogP contribution in [0.4, 0.5) is 10.1 Å². The van der Waals surface area contributed by atoms with E-state index in [2.05, 4.69) is 41.3 Å². The van der Waals surface area contributed by atoms with Crippen molar-refractivity contribution in [3.8, 4) is 0 Å². The minimum Gasteiger partial charge on any atom is -0.363 e. The molecule has 4 aliphatic rings. The van der Waals surface area contributed by atoms with E-state index < -0.39 is 0 Å². The van der Waals surface area contributed by atoms with Crippen LogP contribution in [0.2, 0.25) is 0 Å². The van der Waals surface area contributed by atoms with E-state index in [0.717, 1.165) is 24.9 Å². The van der Waals surface area contributed by atoms with E-state index in [0.29, 0.717) is 23.7 Å². The summed E-state index contributed by atoms with van der Waals surface area (Å²) < 4.78 is 13.6. The van der Waals surface area contributed by atoms with E-state index in [1.54, 1.807) is 19.1 Å². The van der Waals surface area contributed by atoms with Crippen LogP contribution in [0.1, 0.15) is 64.7 Å². The minimum atomic E-state index is -0.184. The maximum Gasteiger partial charge on any atom is 0.159 e. The second-order valence-corrected chi connectivity index (χ2v) is 9.01. The highest BCUT2D eigenvalue weighted by atomic mass is 19.1. The Balaban J connectivity index is 1.59. The number of hydrogen-bond acceptors (Lipinski definition) is 2. The smallest absolute Gasteiger partial charge is 0.159 e. The number of anilines is 1. The van der Waals surface area contributed by atoms with Gasteiger partial charge in [0, 0.05) is 29.6 Å². The zero-order valence-corrected chi connectivity index (χ0v) is 16.5. The fraction of sp³-hybridized carbons (Fsp3) is 0.346. The summed E-state index contributed by atoms with van der Waals surface area (Å²) in [6.45, 7) is 2.69. The molecule has 0 N–H and O–H groups in total. The van der Waals surface area contributed by atoms with E-state index in [9.17, 15) is 9.18 Å². The van der Waals surface area contributed by atoms with Gasteiger partial charge in [-0.25, -0.2) is 4.39 Å². The lowest BCUT2D eigenvalue weighted by Gasteiger charge is -2.51. The number of allylic oxidation sites excluding steroid dienone is 4. The highest BCUT2D eigenvalue weighted by Gasteiger charge is 2.47. The van der Waals surface area contributed by atoms with Gasteiger partial charge in [0.25, 0.3) is 0 Å². The maximum absolute atomic E-state index is 13.6. The number of hydrogen-bond donors (Lipinski definition) is 0. The number of fused-ring (bicyclic) bond motifs is 4. The van der Waals surface area contributed by atoms with Crippen molar-refractivity contribution in [1.29, 1.82) is 0 Å². The number of nitrogens with zero attached hydrogens (tertiary/aromatic N) is 1. The Bertz CT molecular complexity index is 1050. The van der Waals surface area contributed by atoms with Gasteiger partial charge in [0.05, 0.1) is 6.04 Å². The van der Waals surface area contributed by atoms with Crippen LogP contribution in [0.25, 0.3) is 0 Å². The summed E-state index contributed by atoms with van der Waals surface area (Å²) in [5.41, 5.74) is 5.97. The summed E-state index contributed by atoms with van der Waals surface area (Å²) in [4.78, 5) is 14.9. The fourth-order valence-corrected chi connectivity index (χ4v) is 6.22. The van der Waals surface area contributed by atoms with Crippen LogP contribution in [0.3, 0.4) is 0 Å². The molecular formula is C26H24FNO. The quantitative estimate of drug-likeness (QED) is 0.472. The normalized spacial score (nSPS) is 30.8. The van der Waals surface area contributed by atoms with Gasteiger partial charge in [-0.05, 0) is 72.6 Å². The zero-order valence-electron chi connectivity index (χ0n) is 16.5. The highest BCUT2D eigenvalue weighted by molar-refractivity contribution is 5.95. The molecule has 146 valence electrons. The summed E-state index contributed by atoms with van der Waals surface area (Å²) in [5, 5.41) is 0. The molecule has 2 aromatic carbocycles. The molecule has 3 heteroatoms. The minimum absolute atomic E-state index is 0.138. The molecule has 0 radical (unpaired) electrons. The molecule has 6 rings (SSSR count). The van der Waals surface area contributed by atoms with Gasteiger partial charge >= 0.3 is 0 Å². The second-order valence-electron chi connectivity index (χ2n) is 9.01. The average molecular weight is 385 g/mol. The Labute approximate surface area is 170 Å². The number of Topliss-reactive ketones (excluding diaryl/α,β-unsaturated/α-hetero) is 1. The fourth-order valence-electron chi connectivity index (χ4n) is 6.22. The predicted molar refractivity (Wildman–Crippen MR) is 113 cm³/mol. The monoisotopic (exact) mass is 385 g/mol. The number of carbonyl (C=O) groups is 1. The molecule has 2 heterocycles. The van der Waals surface area contributed by atoms with Crippen molar-refractivity contribution in [3.05, 3.63) is 88.8 Å². The van der Waals surface area contributed by atoms with Crippen molar-refractivity contribution in [2.24, 2.45) is 11.8 Å². The summed E-state index contributed by atoms with van der Waals surface area (Å²) in [6, 6.07) is 11.6. The first kappa shape index (κ1) is 17.2. The Morgan fingerprint density at radius 3 is 2.45 bits per heavy atom. The van der Waals surface area contributed by atoms with Crippen LogP contribution in [-0.2, 0) is 0 Å². The number of carbonyl (C=O) groups excluding carboxylic acids is 1. The van der Waals surface area contributed by atoms with Crippen molar-refractivity contribution in [2.75, 3.05) is 11.4 Å². The lowest BCUT2D eigenvalue weighted by atomic mass is 9.70. The molecule has 0 saturated carbocycles. The van der Waals surface area contributed by atoms with Gasteiger partial charge in [0.15, 0.2) is 5.78 Å². The summed E-state index contributed by atoms with van der Waals surface area (Å²) in [7, 11) is 0. The first-order valence-electron chi connectivity index (χ1n) is 10.7. The van der Waals surface area contributed by atoms with E-state index in [1.165, 1.54) is 22.4 Å². The Hall–Kier alpha value is -2.68. The molecule has 2 aliphatic heterocycles. The molecule has 0 spiro atoms. The Morgan fingerprint density at radius 2 is 1.69 bits per heavy atom. The lowest BCUT2D eigenvalue weighted by Crippen LogP contribution is -2.46. The maximum atomic E-state index is 13.6. The lowest BCUT2D eigenvalue weighted by molar-refractivity contribution is 0.101. The molecule has 0 amide bonds. The third-order valence-corrected chi connectivity index (χ3v) is 7.47. The predicted octanol–water partition coefficient (Wildman–Crippen LogP) is 5.92. The summed E-state index contributed by atoms with van der Waals surface area (Å²) in [5.74, 6) is 1.64. The molecule has 5 atom stereocenters. The van der Waals surface area contributed by atoms with Crippen LogP contribution in [0, 0.1) is 17.7 Å².